The molecule has 0 aliphatic carbocycles. The van der Waals surface area contributed by atoms with Crippen LogP contribution in [0.5, 0.6) is 11.5 Å². The number of nitrogens with zero attached hydrogens (tertiary/aromatic N) is 1. The first-order chi connectivity index (χ1) is 13.6. The monoisotopic (exact) mass is 398 g/mol. The molecule has 3 aromatic rings. The van der Waals surface area contributed by atoms with Crippen LogP contribution in [0.4, 0.5) is 9.52 Å². The number of carbonyl (C=O) groups excluding carboxylic acids is 1. The Morgan fingerprint density at radius 2 is 2.00 bits per heavy atom. The molecule has 7 heteroatoms. The van der Waals surface area contributed by atoms with Gasteiger partial charge in [-0.05, 0) is 55.0 Å². The van der Waals surface area contributed by atoms with Gasteiger partial charge < -0.3 is 9.47 Å². The number of thiazole rings is 1. The van der Waals surface area contributed by atoms with Crippen molar-refractivity contribution in [1.29, 1.82) is 0 Å². The highest BCUT2D eigenvalue weighted by molar-refractivity contribution is 7.14. The van der Waals surface area contributed by atoms with Crippen LogP contribution < -0.4 is 14.8 Å². The Morgan fingerprint density at radius 1 is 1.21 bits per heavy atom. The lowest BCUT2D eigenvalue weighted by Gasteiger charge is -2.09. The smallest absolute Gasteiger partial charge is 0.250 e. The van der Waals surface area contributed by atoms with E-state index in [0.717, 1.165) is 11.1 Å². The zero-order valence-electron chi connectivity index (χ0n) is 15.4. The summed E-state index contributed by atoms with van der Waals surface area (Å²) in [6, 6.07) is 11.5. The molecular formula is C21H19FN2O3S. The second kappa shape index (κ2) is 9.14. The minimum atomic E-state index is -0.302. The maximum atomic E-state index is 13.0. The van der Waals surface area contributed by atoms with Crippen LogP contribution in [0.3, 0.4) is 0 Å². The number of aromatic nitrogens is 1. The zero-order valence-corrected chi connectivity index (χ0v) is 16.3. The third kappa shape index (κ3) is 4.95. The van der Waals surface area contributed by atoms with E-state index in [2.05, 4.69) is 10.3 Å². The number of benzene rings is 2. The van der Waals surface area contributed by atoms with Gasteiger partial charge in [0.1, 0.15) is 5.82 Å². The van der Waals surface area contributed by atoms with Crippen LogP contribution >= 0.6 is 11.3 Å². The molecule has 144 valence electrons. The Bertz CT molecular complexity index is 984. The largest absolute Gasteiger partial charge is 0.493 e. The quantitative estimate of drug-likeness (QED) is 0.569. The molecule has 28 heavy (non-hydrogen) atoms. The van der Waals surface area contributed by atoms with Gasteiger partial charge in [0.05, 0.1) is 19.4 Å². The fourth-order valence-electron chi connectivity index (χ4n) is 2.47. The second-order valence-electron chi connectivity index (χ2n) is 5.71. The minimum absolute atomic E-state index is 0.298. The SMILES string of the molecule is CCOc1ccc(C=CC(=O)Nc2nc(-c3ccc(F)cc3)cs2)cc1OC. The topological polar surface area (TPSA) is 60.5 Å². The number of ether oxygens (including phenoxy) is 2. The number of rotatable bonds is 7. The van der Waals surface area contributed by atoms with E-state index >= 15 is 0 Å². The summed E-state index contributed by atoms with van der Waals surface area (Å²) in [5.74, 6) is 0.660. The summed E-state index contributed by atoms with van der Waals surface area (Å²) >= 11 is 1.30. The summed E-state index contributed by atoms with van der Waals surface area (Å²) in [6.45, 7) is 2.44. The highest BCUT2D eigenvalue weighted by atomic mass is 32.1. The maximum Gasteiger partial charge on any atom is 0.250 e. The molecule has 0 atom stereocenters. The van der Waals surface area contributed by atoms with E-state index in [1.54, 1.807) is 37.5 Å². The first-order valence-corrected chi connectivity index (χ1v) is 9.48. The molecule has 2 aromatic carbocycles. The molecular weight excluding hydrogens is 379 g/mol. The van der Waals surface area contributed by atoms with E-state index < -0.39 is 0 Å². The average molecular weight is 398 g/mol. The van der Waals surface area contributed by atoms with Crippen molar-refractivity contribution >= 4 is 28.5 Å². The Balaban J connectivity index is 1.65. The lowest BCUT2D eigenvalue weighted by atomic mass is 10.2. The third-order valence-corrected chi connectivity index (χ3v) is 4.55. The van der Waals surface area contributed by atoms with Crippen molar-refractivity contribution in [2.75, 3.05) is 19.0 Å². The number of anilines is 1. The van der Waals surface area contributed by atoms with Crippen molar-refractivity contribution in [3.05, 3.63) is 65.3 Å². The summed E-state index contributed by atoms with van der Waals surface area (Å²) in [7, 11) is 1.57. The third-order valence-electron chi connectivity index (χ3n) is 3.79. The van der Waals surface area contributed by atoms with Gasteiger partial charge >= 0.3 is 0 Å². The molecule has 0 spiro atoms. The molecule has 5 nitrogen and oxygen atoms in total. The number of amides is 1. The molecule has 1 heterocycles. The highest BCUT2D eigenvalue weighted by Gasteiger charge is 2.07. The van der Waals surface area contributed by atoms with Crippen LogP contribution in [0.25, 0.3) is 17.3 Å². The Morgan fingerprint density at radius 3 is 2.71 bits per heavy atom. The molecule has 3 rings (SSSR count). The number of hydrogen-bond donors (Lipinski definition) is 1. The predicted molar refractivity (Wildman–Crippen MR) is 109 cm³/mol. The number of carbonyl (C=O) groups is 1. The average Bonchev–Trinajstić information content (AvgIpc) is 3.16. The fraction of sp³-hybridized carbons (Fsp3) is 0.143. The lowest BCUT2D eigenvalue weighted by molar-refractivity contribution is -0.111. The number of nitrogens with one attached hydrogen (secondary N) is 1. The van der Waals surface area contributed by atoms with Crippen LogP contribution in [-0.4, -0.2) is 24.6 Å². The molecule has 0 unspecified atom stereocenters. The highest BCUT2D eigenvalue weighted by Crippen LogP contribution is 2.28. The van der Waals surface area contributed by atoms with E-state index in [1.165, 1.54) is 29.5 Å². The Kier molecular flexibility index (Phi) is 6.39. The van der Waals surface area contributed by atoms with Crippen molar-refractivity contribution < 1.29 is 18.7 Å². The van der Waals surface area contributed by atoms with Crippen LogP contribution in [0.15, 0.2) is 53.9 Å². The second-order valence-corrected chi connectivity index (χ2v) is 6.57. The minimum Gasteiger partial charge on any atom is -0.493 e. The number of hydrogen-bond acceptors (Lipinski definition) is 5. The molecule has 0 saturated carbocycles. The van der Waals surface area contributed by atoms with Gasteiger partial charge in [-0.3, -0.25) is 10.1 Å². The summed E-state index contributed by atoms with van der Waals surface area (Å²) in [5, 5.41) is 5.01. The normalized spacial score (nSPS) is 10.8. The van der Waals surface area contributed by atoms with Gasteiger partial charge in [-0.1, -0.05) is 6.07 Å². The van der Waals surface area contributed by atoms with Crippen molar-refractivity contribution in [1.82, 2.24) is 4.98 Å². The Labute approximate surface area is 166 Å². The van der Waals surface area contributed by atoms with Crippen molar-refractivity contribution in [3.8, 4) is 22.8 Å². The van der Waals surface area contributed by atoms with Crippen LogP contribution in [0, 0.1) is 5.82 Å². The van der Waals surface area contributed by atoms with E-state index in [0.29, 0.717) is 28.9 Å². The first-order valence-electron chi connectivity index (χ1n) is 8.60. The summed E-state index contributed by atoms with van der Waals surface area (Å²) in [5.41, 5.74) is 2.28. The van der Waals surface area contributed by atoms with Gasteiger partial charge in [0.25, 0.3) is 0 Å². The lowest BCUT2D eigenvalue weighted by Crippen LogP contribution is -2.07. The van der Waals surface area contributed by atoms with Gasteiger partial charge in [0, 0.05) is 17.0 Å². The molecule has 1 amide bonds. The van der Waals surface area contributed by atoms with Gasteiger partial charge in [-0.25, -0.2) is 9.37 Å². The molecule has 1 aromatic heterocycles. The van der Waals surface area contributed by atoms with Crippen LogP contribution in [0.2, 0.25) is 0 Å². The van der Waals surface area contributed by atoms with Crippen LogP contribution in [0.1, 0.15) is 12.5 Å². The summed E-state index contributed by atoms with van der Waals surface area (Å²) < 4.78 is 23.8. The molecule has 1 N–H and O–H groups in total. The van der Waals surface area contributed by atoms with Gasteiger partial charge in [0.15, 0.2) is 16.6 Å². The van der Waals surface area contributed by atoms with Gasteiger partial charge in [0.2, 0.25) is 5.91 Å². The van der Waals surface area contributed by atoms with E-state index in [1.807, 2.05) is 18.4 Å². The predicted octanol–water partition coefficient (Wildman–Crippen LogP) is 5.01. The number of methoxy groups -OCH3 is 1. The maximum absolute atomic E-state index is 13.0. The fourth-order valence-corrected chi connectivity index (χ4v) is 3.19. The molecule has 0 aliphatic heterocycles. The standard InChI is InChI=1S/C21H19FN2O3S/c1-3-27-18-10-4-14(12-19(18)26-2)5-11-20(25)24-21-23-17(13-28-21)15-6-8-16(22)9-7-15/h4-13H,3H2,1-2H3,(H,23,24,25). The Hall–Kier alpha value is -3.19. The van der Waals surface area contributed by atoms with Gasteiger partial charge in [-0.15, -0.1) is 11.3 Å². The summed E-state index contributed by atoms with van der Waals surface area (Å²) in [6.07, 6.45) is 3.11. The van der Waals surface area contributed by atoms with E-state index in [4.69, 9.17) is 9.47 Å². The van der Waals surface area contributed by atoms with Crippen LogP contribution in [-0.2, 0) is 4.79 Å². The molecule has 0 bridgehead atoms. The van der Waals surface area contributed by atoms with E-state index in [9.17, 15) is 9.18 Å². The molecule has 0 radical (unpaired) electrons. The van der Waals surface area contributed by atoms with Gasteiger partial charge in [-0.2, -0.15) is 0 Å². The van der Waals surface area contributed by atoms with Crippen molar-refractivity contribution in [2.24, 2.45) is 0 Å². The molecule has 0 saturated heterocycles. The van der Waals surface area contributed by atoms with Crippen molar-refractivity contribution in [2.45, 2.75) is 6.92 Å². The zero-order chi connectivity index (χ0) is 19.9. The molecule has 0 fully saturated rings. The number of halogens is 1. The molecule has 0 aliphatic rings. The first kappa shape index (κ1) is 19.6. The summed E-state index contributed by atoms with van der Waals surface area (Å²) in [4.78, 5) is 16.5. The van der Waals surface area contributed by atoms with E-state index in [-0.39, 0.29) is 11.7 Å². The van der Waals surface area contributed by atoms with Crippen molar-refractivity contribution in [3.63, 3.8) is 0 Å².